The molecule has 1 aromatic carbocycles. The molecular formula is C20H27NO. The van der Waals surface area contributed by atoms with E-state index in [1.54, 1.807) is 6.08 Å². The van der Waals surface area contributed by atoms with Gasteiger partial charge in [0.05, 0.1) is 11.6 Å². The van der Waals surface area contributed by atoms with Crippen LogP contribution in [0.25, 0.3) is 0 Å². The first-order chi connectivity index (χ1) is 10.2. The summed E-state index contributed by atoms with van der Waals surface area (Å²) < 4.78 is 0. The smallest absolute Gasteiger partial charge is 0.0981 e. The molecule has 0 heterocycles. The first-order valence-corrected chi connectivity index (χ1v) is 8.15. The van der Waals surface area contributed by atoms with E-state index in [0.717, 1.165) is 5.56 Å². The third kappa shape index (κ3) is 2.26. The average Bonchev–Trinajstić information content (AvgIpc) is 2.47. The molecule has 0 saturated heterocycles. The van der Waals surface area contributed by atoms with E-state index >= 15 is 0 Å². The lowest BCUT2D eigenvalue weighted by Crippen LogP contribution is -2.46. The van der Waals surface area contributed by atoms with Gasteiger partial charge in [0.2, 0.25) is 0 Å². The van der Waals surface area contributed by atoms with Gasteiger partial charge in [-0.2, -0.15) is 0 Å². The van der Waals surface area contributed by atoms with E-state index in [1.165, 1.54) is 24.0 Å². The molecule has 0 bridgehead atoms. The van der Waals surface area contributed by atoms with Gasteiger partial charge in [-0.05, 0) is 40.4 Å². The summed E-state index contributed by atoms with van der Waals surface area (Å²) in [6.45, 7) is 9.25. The zero-order valence-corrected chi connectivity index (χ0v) is 14.1. The van der Waals surface area contributed by atoms with Gasteiger partial charge in [0.25, 0.3) is 0 Å². The molecule has 2 atom stereocenters. The minimum Gasteiger partial charge on any atom is -0.386 e. The van der Waals surface area contributed by atoms with Crippen LogP contribution in [0.4, 0.5) is 0 Å². The van der Waals surface area contributed by atoms with Gasteiger partial charge in [-0.1, -0.05) is 70.2 Å². The van der Waals surface area contributed by atoms with Crippen LogP contribution in [0.5, 0.6) is 0 Å². The summed E-state index contributed by atoms with van der Waals surface area (Å²) in [6.07, 6.45) is 9.12. The van der Waals surface area contributed by atoms with Crippen molar-refractivity contribution in [1.82, 2.24) is 0 Å². The molecule has 0 saturated carbocycles. The molecule has 0 spiro atoms. The van der Waals surface area contributed by atoms with Gasteiger partial charge in [0, 0.05) is 0 Å². The van der Waals surface area contributed by atoms with Crippen molar-refractivity contribution < 1.29 is 5.11 Å². The summed E-state index contributed by atoms with van der Waals surface area (Å²) in [6, 6.07) is 6.54. The Morgan fingerprint density at radius 2 is 1.64 bits per heavy atom. The van der Waals surface area contributed by atoms with Crippen LogP contribution >= 0.6 is 0 Å². The van der Waals surface area contributed by atoms with Crippen LogP contribution in [0.2, 0.25) is 0 Å². The molecule has 3 N–H and O–H groups in total. The third-order valence-electron chi connectivity index (χ3n) is 5.62. The van der Waals surface area contributed by atoms with Gasteiger partial charge < -0.3 is 10.8 Å². The Labute approximate surface area is 133 Å². The van der Waals surface area contributed by atoms with Crippen molar-refractivity contribution >= 4 is 0 Å². The van der Waals surface area contributed by atoms with E-state index in [1.807, 2.05) is 18.2 Å². The monoisotopic (exact) mass is 297 g/mol. The predicted octanol–water partition coefficient (Wildman–Crippen LogP) is 3.68. The number of rotatable bonds is 1. The largest absolute Gasteiger partial charge is 0.386 e. The van der Waals surface area contributed by atoms with Gasteiger partial charge in [-0.3, -0.25) is 0 Å². The maximum absolute atomic E-state index is 10.4. The molecule has 22 heavy (non-hydrogen) atoms. The Bertz CT molecular complexity index is 654. The number of benzene rings is 1. The fourth-order valence-electron chi connectivity index (χ4n) is 3.77. The Morgan fingerprint density at radius 1 is 1.00 bits per heavy atom. The number of hydrogen-bond acceptors (Lipinski definition) is 2. The van der Waals surface area contributed by atoms with E-state index in [4.69, 9.17) is 5.73 Å². The normalized spacial score (nSPS) is 31.8. The molecule has 0 fully saturated rings. The summed E-state index contributed by atoms with van der Waals surface area (Å²) in [5.41, 5.74) is 9.83. The van der Waals surface area contributed by atoms with Crippen LogP contribution < -0.4 is 5.73 Å². The van der Waals surface area contributed by atoms with E-state index in [9.17, 15) is 5.11 Å². The van der Waals surface area contributed by atoms with Gasteiger partial charge in [-0.15, -0.1) is 0 Å². The number of allylic oxidation sites excluding steroid dienone is 2. The Morgan fingerprint density at radius 3 is 2.27 bits per heavy atom. The van der Waals surface area contributed by atoms with E-state index < -0.39 is 11.6 Å². The Balaban J connectivity index is 2.15. The van der Waals surface area contributed by atoms with Gasteiger partial charge in [0.1, 0.15) is 0 Å². The second-order valence-electron chi connectivity index (χ2n) is 8.15. The molecule has 2 unspecified atom stereocenters. The average molecular weight is 297 g/mol. The van der Waals surface area contributed by atoms with E-state index in [-0.39, 0.29) is 10.8 Å². The Hall–Kier alpha value is -1.38. The van der Waals surface area contributed by atoms with Crippen LogP contribution in [0.15, 0.2) is 42.5 Å². The summed E-state index contributed by atoms with van der Waals surface area (Å²) in [5, 5.41) is 10.4. The highest BCUT2D eigenvalue weighted by Crippen LogP contribution is 2.46. The fraction of sp³-hybridized carbons (Fsp3) is 0.500. The Kier molecular flexibility index (Phi) is 3.39. The number of aliphatic hydroxyl groups excluding tert-OH is 1. The highest BCUT2D eigenvalue weighted by molar-refractivity contribution is 5.48. The van der Waals surface area contributed by atoms with Crippen LogP contribution in [-0.2, 0) is 16.4 Å². The van der Waals surface area contributed by atoms with Crippen molar-refractivity contribution in [3.05, 3.63) is 59.2 Å². The van der Waals surface area contributed by atoms with E-state index in [0.29, 0.717) is 0 Å². The predicted molar refractivity (Wildman–Crippen MR) is 91.9 cm³/mol. The molecule has 2 aliphatic carbocycles. The molecule has 3 rings (SSSR count). The lowest BCUT2D eigenvalue weighted by atomic mass is 9.62. The minimum atomic E-state index is -0.832. The van der Waals surface area contributed by atoms with Gasteiger partial charge in [0.15, 0.2) is 0 Å². The maximum atomic E-state index is 10.4. The molecule has 0 radical (unpaired) electrons. The van der Waals surface area contributed by atoms with Crippen molar-refractivity contribution in [3.8, 4) is 0 Å². The SMILES string of the molecule is CC1(C)CCC(C)(C)c2cc(C3(N)C=CC=CC3O)ccc21. The summed E-state index contributed by atoms with van der Waals surface area (Å²) in [4.78, 5) is 0. The van der Waals surface area contributed by atoms with Crippen molar-refractivity contribution in [2.45, 2.75) is 63.0 Å². The van der Waals surface area contributed by atoms with E-state index in [2.05, 4.69) is 45.9 Å². The first-order valence-electron chi connectivity index (χ1n) is 8.15. The van der Waals surface area contributed by atoms with Crippen molar-refractivity contribution in [3.63, 3.8) is 0 Å². The molecule has 0 aromatic heterocycles. The zero-order chi connectivity index (χ0) is 16.2. The quantitative estimate of drug-likeness (QED) is 0.830. The fourth-order valence-corrected chi connectivity index (χ4v) is 3.77. The van der Waals surface area contributed by atoms with Crippen molar-refractivity contribution in [1.29, 1.82) is 0 Å². The third-order valence-corrected chi connectivity index (χ3v) is 5.62. The number of hydrogen-bond donors (Lipinski definition) is 2. The molecule has 1 aromatic rings. The summed E-state index contributed by atoms with van der Waals surface area (Å²) in [7, 11) is 0. The maximum Gasteiger partial charge on any atom is 0.0981 e. The number of nitrogens with two attached hydrogens (primary N) is 1. The topological polar surface area (TPSA) is 46.2 Å². The highest BCUT2D eigenvalue weighted by Gasteiger charge is 2.39. The molecular weight excluding hydrogens is 270 g/mol. The minimum absolute atomic E-state index is 0.149. The van der Waals surface area contributed by atoms with Gasteiger partial charge >= 0.3 is 0 Å². The van der Waals surface area contributed by atoms with Crippen LogP contribution in [-0.4, -0.2) is 11.2 Å². The lowest BCUT2D eigenvalue weighted by Gasteiger charge is -2.43. The second kappa shape index (κ2) is 4.81. The van der Waals surface area contributed by atoms with Crippen LogP contribution in [0.3, 0.4) is 0 Å². The molecule has 2 aliphatic rings. The molecule has 2 nitrogen and oxygen atoms in total. The zero-order valence-electron chi connectivity index (χ0n) is 14.1. The first kappa shape index (κ1) is 15.5. The van der Waals surface area contributed by atoms with Crippen LogP contribution in [0, 0.1) is 0 Å². The molecule has 0 amide bonds. The molecule has 2 heteroatoms. The number of aliphatic hydroxyl groups is 1. The lowest BCUT2D eigenvalue weighted by molar-refractivity contribution is 0.152. The highest BCUT2D eigenvalue weighted by atomic mass is 16.3. The molecule has 0 aliphatic heterocycles. The number of fused-ring (bicyclic) bond motifs is 1. The standard InChI is InChI=1S/C20H27NO/c1-18(2)11-12-19(3,4)16-13-14(8-9-15(16)18)20(21)10-6-5-7-17(20)22/h5-10,13,17,22H,11-12,21H2,1-4H3. The summed E-state index contributed by atoms with van der Waals surface area (Å²) in [5.74, 6) is 0. The van der Waals surface area contributed by atoms with Crippen molar-refractivity contribution in [2.24, 2.45) is 5.73 Å². The van der Waals surface area contributed by atoms with Crippen molar-refractivity contribution in [2.75, 3.05) is 0 Å². The summed E-state index contributed by atoms with van der Waals surface area (Å²) >= 11 is 0. The van der Waals surface area contributed by atoms with Crippen LogP contribution in [0.1, 0.15) is 57.2 Å². The van der Waals surface area contributed by atoms with Gasteiger partial charge in [-0.25, -0.2) is 0 Å². The molecule has 118 valence electrons. The second-order valence-corrected chi connectivity index (χ2v) is 8.15.